The highest BCUT2D eigenvalue weighted by Gasteiger charge is 2.22. The topological polar surface area (TPSA) is 77.4 Å². The minimum absolute atomic E-state index is 0.210. The first-order chi connectivity index (χ1) is 16.3. The van der Waals surface area contributed by atoms with E-state index in [-0.39, 0.29) is 12.2 Å². The van der Waals surface area contributed by atoms with E-state index in [4.69, 9.17) is 10.1 Å². The molecule has 1 aliphatic heterocycles. The van der Waals surface area contributed by atoms with Crippen LogP contribution in [0.3, 0.4) is 0 Å². The highest BCUT2D eigenvalue weighted by atomic mass is 79.9. The Labute approximate surface area is 209 Å². The van der Waals surface area contributed by atoms with Crippen LogP contribution < -0.4 is 5.32 Å². The average molecular weight is 523 g/mol. The molecular weight excluding hydrogens is 492 g/mol. The zero-order valence-corrected chi connectivity index (χ0v) is 21.6. The fourth-order valence-electron chi connectivity index (χ4n) is 4.36. The minimum Gasteiger partial charge on any atom is -0.383 e. The monoisotopic (exact) mass is 522 g/mol. The average Bonchev–Trinajstić information content (AvgIpc) is 2.76. The molecule has 34 heavy (non-hydrogen) atoms. The van der Waals surface area contributed by atoms with E-state index in [0.29, 0.717) is 5.95 Å². The van der Waals surface area contributed by atoms with Crippen molar-refractivity contribution < 1.29 is 4.74 Å². The van der Waals surface area contributed by atoms with Gasteiger partial charge in [0.1, 0.15) is 0 Å². The molecular formula is C26H31BrN6O. The number of hydrogen-bond acceptors (Lipinski definition) is 7. The summed E-state index contributed by atoms with van der Waals surface area (Å²) in [6.45, 7) is 6.83. The Morgan fingerprint density at radius 3 is 2.68 bits per heavy atom. The van der Waals surface area contributed by atoms with Crippen molar-refractivity contribution >= 4 is 50.3 Å². The summed E-state index contributed by atoms with van der Waals surface area (Å²) < 4.78 is 6.90. The Morgan fingerprint density at radius 2 is 1.97 bits per heavy atom. The molecule has 1 fully saturated rings. The number of fused-ring (bicyclic) bond motifs is 1. The van der Waals surface area contributed by atoms with Crippen LogP contribution in [0.1, 0.15) is 25.0 Å². The normalized spacial score (nSPS) is 19.3. The van der Waals surface area contributed by atoms with Crippen molar-refractivity contribution in [3.63, 3.8) is 0 Å². The van der Waals surface area contributed by atoms with Crippen molar-refractivity contribution in [1.29, 1.82) is 5.41 Å². The molecule has 0 bridgehead atoms. The molecule has 0 radical (unpaired) electrons. The number of nitrogens with zero attached hydrogens (tertiary/aromatic N) is 4. The molecule has 0 spiro atoms. The van der Waals surface area contributed by atoms with Gasteiger partial charge in [-0.2, -0.15) is 0 Å². The molecule has 1 saturated heterocycles. The molecule has 0 saturated carbocycles. The maximum atomic E-state index is 7.97. The Kier molecular flexibility index (Phi) is 7.60. The first-order valence-corrected chi connectivity index (χ1v) is 12.2. The smallest absolute Gasteiger partial charge is 0.227 e. The summed E-state index contributed by atoms with van der Waals surface area (Å²) >= 11 is 3.50. The van der Waals surface area contributed by atoms with E-state index in [2.05, 4.69) is 62.1 Å². The summed E-state index contributed by atoms with van der Waals surface area (Å²) in [5.74, 6) is 0.541. The Morgan fingerprint density at radius 1 is 1.21 bits per heavy atom. The fraction of sp³-hybridized carbons (Fsp3) is 0.346. The number of hydrogen-bond donors (Lipinski definition) is 2. The summed E-state index contributed by atoms with van der Waals surface area (Å²) in [4.78, 5) is 13.6. The zero-order chi connectivity index (χ0) is 24.2. The van der Waals surface area contributed by atoms with Crippen molar-refractivity contribution in [3.05, 3.63) is 64.4 Å². The van der Waals surface area contributed by atoms with Crippen molar-refractivity contribution in [2.75, 3.05) is 32.5 Å². The Hall–Kier alpha value is -2.81. The lowest BCUT2D eigenvalue weighted by Crippen LogP contribution is -2.44. The number of allylic oxidation sites excluding steroid dienone is 1. The van der Waals surface area contributed by atoms with Crippen molar-refractivity contribution in [2.45, 2.75) is 32.6 Å². The SMILES string of the molecule is CC1CN(Cc2cc(Nc3ncc4cc(Br)ccc4n3)cc(/C(C=N)=C/N(C)C)c2)CC(C)O1. The fourth-order valence-corrected chi connectivity index (χ4v) is 4.74. The van der Waals surface area contributed by atoms with E-state index in [1.807, 2.05) is 55.7 Å². The van der Waals surface area contributed by atoms with Crippen LogP contribution in [0.2, 0.25) is 0 Å². The van der Waals surface area contributed by atoms with Gasteiger partial charge in [0.2, 0.25) is 5.95 Å². The molecule has 2 heterocycles. The first-order valence-electron chi connectivity index (χ1n) is 11.4. The van der Waals surface area contributed by atoms with Gasteiger partial charge in [0, 0.05) is 73.5 Å². The third-order valence-electron chi connectivity index (χ3n) is 5.58. The number of anilines is 2. The Balaban J connectivity index is 1.67. The predicted molar refractivity (Wildman–Crippen MR) is 143 cm³/mol. The summed E-state index contributed by atoms with van der Waals surface area (Å²) in [5, 5.41) is 12.3. The van der Waals surface area contributed by atoms with Gasteiger partial charge in [-0.15, -0.1) is 0 Å². The first kappa shape index (κ1) is 24.3. The molecule has 178 valence electrons. The number of aromatic nitrogens is 2. The van der Waals surface area contributed by atoms with Crippen molar-refractivity contribution in [1.82, 2.24) is 19.8 Å². The maximum absolute atomic E-state index is 7.97. The number of nitrogens with one attached hydrogen (secondary N) is 2. The van der Waals surface area contributed by atoms with Crippen LogP contribution in [-0.2, 0) is 11.3 Å². The maximum Gasteiger partial charge on any atom is 0.227 e. The van der Waals surface area contributed by atoms with E-state index in [9.17, 15) is 0 Å². The van der Waals surface area contributed by atoms with E-state index >= 15 is 0 Å². The van der Waals surface area contributed by atoms with Crippen LogP contribution in [0.5, 0.6) is 0 Å². The van der Waals surface area contributed by atoms with E-state index in [1.54, 1.807) is 0 Å². The van der Waals surface area contributed by atoms with Gasteiger partial charge in [0.25, 0.3) is 0 Å². The lowest BCUT2D eigenvalue weighted by molar-refractivity contribution is -0.0704. The van der Waals surface area contributed by atoms with Crippen LogP contribution in [0.15, 0.2) is 53.3 Å². The lowest BCUT2D eigenvalue weighted by atomic mass is 10.0. The van der Waals surface area contributed by atoms with Gasteiger partial charge in [0.05, 0.1) is 17.7 Å². The van der Waals surface area contributed by atoms with Gasteiger partial charge >= 0.3 is 0 Å². The van der Waals surface area contributed by atoms with Crippen LogP contribution >= 0.6 is 15.9 Å². The van der Waals surface area contributed by atoms with Gasteiger partial charge in [-0.05, 0) is 61.4 Å². The quantitative estimate of drug-likeness (QED) is 0.410. The Bertz CT molecular complexity index is 1200. The van der Waals surface area contributed by atoms with Crippen molar-refractivity contribution in [3.8, 4) is 0 Å². The highest BCUT2D eigenvalue weighted by molar-refractivity contribution is 9.10. The molecule has 0 amide bonds. The second kappa shape index (κ2) is 10.6. The van der Waals surface area contributed by atoms with Crippen LogP contribution in [0, 0.1) is 5.41 Å². The van der Waals surface area contributed by atoms with Crippen LogP contribution in [-0.4, -0.2) is 65.4 Å². The standard InChI is InChI=1S/C26H31BrN6O/c1-17-13-33(14-18(2)34-17)15-19-7-20(22(11-28)16-32(3)4)10-24(8-19)30-26-29-12-21-9-23(27)5-6-25(21)31-26/h5-12,16-18,28H,13-15H2,1-4H3,(H,29,30,31)/b22-16+,28-11?. The summed E-state index contributed by atoms with van der Waals surface area (Å²) in [6, 6.07) is 12.3. The minimum atomic E-state index is 0.210. The van der Waals surface area contributed by atoms with E-state index < -0.39 is 0 Å². The van der Waals surface area contributed by atoms with Gasteiger partial charge in [-0.25, -0.2) is 9.97 Å². The molecule has 1 aromatic heterocycles. The molecule has 4 rings (SSSR count). The number of ether oxygens (including phenoxy) is 1. The molecule has 1 aliphatic rings. The molecule has 7 nitrogen and oxygen atoms in total. The molecule has 2 N–H and O–H groups in total. The molecule has 2 unspecified atom stereocenters. The molecule has 2 atom stereocenters. The third-order valence-corrected chi connectivity index (χ3v) is 6.07. The number of rotatable bonds is 7. The number of halogens is 1. The molecule has 8 heteroatoms. The zero-order valence-electron chi connectivity index (χ0n) is 20.0. The van der Waals surface area contributed by atoms with Gasteiger partial charge in [-0.1, -0.05) is 15.9 Å². The largest absolute Gasteiger partial charge is 0.383 e. The second-order valence-electron chi connectivity index (χ2n) is 9.08. The third kappa shape index (κ3) is 6.20. The summed E-state index contributed by atoms with van der Waals surface area (Å²) in [7, 11) is 3.93. The molecule has 2 aromatic carbocycles. The van der Waals surface area contributed by atoms with Gasteiger partial charge < -0.3 is 20.4 Å². The van der Waals surface area contributed by atoms with Crippen LogP contribution in [0.4, 0.5) is 11.6 Å². The van der Waals surface area contributed by atoms with Gasteiger partial charge in [0.15, 0.2) is 0 Å². The summed E-state index contributed by atoms with van der Waals surface area (Å²) in [5.41, 5.74) is 4.74. The number of benzene rings is 2. The summed E-state index contributed by atoms with van der Waals surface area (Å²) in [6.07, 6.45) is 5.60. The second-order valence-corrected chi connectivity index (χ2v) is 10.00. The van der Waals surface area contributed by atoms with Crippen molar-refractivity contribution in [2.24, 2.45) is 0 Å². The van der Waals surface area contributed by atoms with E-state index in [1.165, 1.54) is 6.21 Å². The molecule has 0 aliphatic carbocycles. The highest BCUT2D eigenvalue weighted by Crippen LogP contribution is 2.26. The number of morpholine rings is 1. The lowest BCUT2D eigenvalue weighted by Gasteiger charge is -2.35. The van der Waals surface area contributed by atoms with Crippen LogP contribution in [0.25, 0.3) is 16.5 Å². The predicted octanol–water partition coefficient (Wildman–Crippen LogP) is 5.30. The molecule has 3 aromatic rings. The van der Waals surface area contributed by atoms with Gasteiger partial charge in [-0.3, -0.25) is 4.90 Å². The van der Waals surface area contributed by atoms with E-state index in [0.717, 1.165) is 57.4 Å².